The fourth-order valence-corrected chi connectivity index (χ4v) is 4.03. The van der Waals surface area contributed by atoms with Crippen LogP contribution in [0, 0.1) is 12.8 Å². The number of rotatable bonds is 4. The summed E-state index contributed by atoms with van der Waals surface area (Å²) in [7, 11) is 0. The molecule has 2 heterocycles. The van der Waals surface area contributed by atoms with Gasteiger partial charge in [-0.15, -0.1) is 0 Å². The van der Waals surface area contributed by atoms with Crippen LogP contribution >= 0.6 is 0 Å². The van der Waals surface area contributed by atoms with Gasteiger partial charge in [0.2, 0.25) is 0 Å². The minimum atomic E-state index is -0.240. The molecule has 1 aliphatic rings. The molecular weight excluding hydrogens is 366 g/mol. The second-order valence-electron chi connectivity index (χ2n) is 7.38. The van der Waals surface area contributed by atoms with Gasteiger partial charge in [0, 0.05) is 24.3 Å². The van der Waals surface area contributed by atoms with Gasteiger partial charge in [0.05, 0.1) is 23.6 Å². The third kappa shape index (κ3) is 3.75. The Morgan fingerprint density at radius 3 is 2.72 bits per heavy atom. The van der Waals surface area contributed by atoms with Crippen molar-refractivity contribution in [1.29, 1.82) is 0 Å². The predicted molar refractivity (Wildman–Crippen MR) is 111 cm³/mol. The Morgan fingerprint density at radius 1 is 1.17 bits per heavy atom. The highest BCUT2D eigenvalue weighted by Crippen LogP contribution is 2.24. The summed E-state index contributed by atoms with van der Waals surface area (Å²) in [5.74, 6) is 0.359. The zero-order valence-electron chi connectivity index (χ0n) is 16.8. The molecule has 1 aliphatic heterocycles. The molecule has 6 heteroatoms. The standard InChI is InChI=1S/C23H25N3O3/c1-3-29-23(28)18-8-7-13-25(15-18)22(27)17-11-12-21-20(14-17)24-16(2)26(21)19-9-5-4-6-10-19/h4-6,9-12,14,18H,3,7-8,13,15H2,1-2H3. The molecule has 0 N–H and O–H groups in total. The summed E-state index contributed by atoms with van der Waals surface area (Å²) < 4.78 is 7.23. The van der Waals surface area contributed by atoms with Crippen LogP contribution in [-0.2, 0) is 9.53 Å². The Hall–Kier alpha value is -3.15. The Bertz CT molecular complexity index is 1040. The molecule has 1 unspecified atom stereocenters. The molecule has 1 amide bonds. The molecule has 3 aromatic rings. The highest BCUT2D eigenvalue weighted by atomic mass is 16.5. The van der Waals surface area contributed by atoms with Crippen LogP contribution in [0.4, 0.5) is 0 Å². The van der Waals surface area contributed by atoms with Crippen LogP contribution in [0.2, 0.25) is 0 Å². The smallest absolute Gasteiger partial charge is 0.310 e. The number of aromatic nitrogens is 2. The normalized spacial score (nSPS) is 16.8. The largest absolute Gasteiger partial charge is 0.466 e. The molecule has 0 aliphatic carbocycles. The molecule has 150 valence electrons. The molecule has 0 radical (unpaired) electrons. The summed E-state index contributed by atoms with van der Waals surface area (Å²) in [6, 6.07) is 15.7. The van der Waals surface area contributed by atoms with E-state index in [1.54, 1.807) is 11.8 Å². The van der Waals surface area contributed by atoms with Gasteiger partial charge in [-0.1, -0.05) is 18.2 Å². The van der Waals surface area contributed by atoms with E-state index in [4.69, 9.17) is 4.74 Å². The maximum absolute atomic E-state index is 13.1. The topological polar surface area (TPSA) is 64.4 Å². The minimum absolute atomic E-state index is 0.0622. The van der Waals surface area contributed by atoms with E-state index in [0.29, 0.717) is 25.3 Å². The summed E-state index contributed by atoms with van der Waals surface area (Å²) in [5, 5.41) is 0. The minimum Gasteiger partial charge on any atom is -0.466 e. The lowest BCUT2D eigenvalue weighted by Crippen LogP contribution is -2.42. The number of carbonyl (C=O) groups is 2. The number of benzene rings is 2. The van der Waals surface area contributed by atoms with Crippen LogP contribution in [0.5, 0.6) is 0 Å². The molecule has 1 saturated heterocycles. The number of nitrogens with zero attached hydrogens (tertiary/aromatic N) is 3. The van der Waals surface area contributed by atoms with E-state index in [0.717, 1.165) is 35.4 Å². The van der Waals surface area contributed by atoms with Gasteiger partial charge in [0.1, 0.15) is 5.82 Å². The monoisotopic (exact) mass is 391 g/mol. The number of amides is 1. The Balaban J connectivity index is 1.60. The van der Waals surface area contributed by atoms with E-state index in [9.17, 15) is 9.59 Å². The first-order valence-electron chi connectivity index (χ1n) is 10.1. The number of likely N-dealkylation sites (tertiary alicyclic amines) is 1. The summed E-state index contributed by atoms with van der Waals surface area (Å²) in [6.45, 7) is 5.19. The van der Waals surface area contributed by atoms with Gasteiger partial charge in [-0.3, -0.25) is 14.2 Å². The lowest BCUT2D eigenvalue weighted by molar-refractivity contribution is -0.149. The van der Waals surface area contributed by atoms with Gasteiger partial charge in [-0.2, -0.15) is 0 Å². The van der Waals surface area contributed by atoms with Gasteiger partial charge in [-0.05, 0) is 57.0 Å². The molecule has 4 rings (SSSR count). The number of ether oxygens (including phenoxy) is 1. The van der Waals surface area contributed by atoms with Crippen molar-refractivity contribution < 1.29 is 14.3 Å². The number of aryl methyl sites for hydroxylation is 1. The average molecular weight is 391 g/mol. The number of piperidine rings is 1. The number of fused-ring (bicyclic) bond motifs is 1. The highest BCUT2D eigenvalue weighted by molar-refractivity contribution is 5.98. The van der Waals surface area contributed by atoms with Crippen molar-refractivity contribution in [1.82, 2.24) is 14.5 Å². The maximum Gasteiger partial charge on any atom is 0.310 e. The third-order valence-corrected chi connectivity index (χ3v) is 5.41. The molecule has 0 spiro atoms. The van der Waals surface area contributed by atoms with E-state index >= 15 is 0 Å². The lowest BCUT2D eigenvalue weighted by atomic mass is 9.97. The summed E-state index contributed by atoms with van der Waals surface area (Å²) >= 11 is 0. The number of hydrogen-bond donors (Lipinski definition) is 0. The first-order valence-corrected chi connectivity index (χ1v) is 10.1. The van der Waals surface area contributed by atoms with Crippen LogP contribution in [0.15, 0.2) is 48.5 Å². The predicted octanol–water partition coefficient (Wildman–Crippen LogP) is 3.75. The van der Waals surface area contributed by atoms with Crippen molar-refractivity contribution in [3.63, 3.8) is 0 Å². The summed E-state index contributed by atoms with van der Waals surface area (Å²) in [6.07, 6.45) is 1.57. The lowest BCUT2D eigenvalue weighted by Gasteiger charge is -2.31. The first-order chi connectivity index (χ1) is 14.1. The molecule has 1 fully saturated rings. The number of para-hydroxylation sites is 1. The van der Waals surface area contributed by atoms with E-state index in [-0.39, 0.29) is 17.8 Å². The van der Waals surface area contributed by atoms with Crippen LogP contribution in [-0.4, -0.2) is 46.0 Å². The molecule has 0 bridgehead atoms. The van der Waals surface area contributed by atoms with Crippen molar-refractivity contribution in [3.8, 4) is 5.69 Å². The van der Waals surface area contributed by atoms with Crippen molar-refractivity contribution in [3.05, 3.63) is 59.9 Å². The highest BCUT2D eigenvalue weighted by Gasteiger charge is 2.30. The SMILES string of the molecule is CCOC(=O)C1CCCN(C(=O)c2ccc3c(c2)nc(C)n3-c2ccccc2)C1. The Kier molecular flexibility index (Phi) is 5.34. The third-order valence-electron chi connectivity index (χ3n) is 5.41. The summed E-state index contributed by atoms with van der Waals surface area (Å²) in [4.78, 5) is 31.6. The molecular formula is C23H25N3O3. The van der Waals surface area contributed by atoms with Crippen LogP contribution in [0.25, 0.3) is 16.7 Å². The van der Waals surface area contributed by atoms with Crippen LogP contribution in [0.3, 0.4) is 0 Å². The average Bonchev–Trinajstić information content (AvgIpc) is 3.09. The van der Waals surface area contributed by atoms with Gasteiger partial charge in [0.25, 0.3) is 5.91 Å². The first kappa shape index (κ1) is 19.2. The van der Waals surface area contributed by atoms with E-state index in [1.807, 2.05) is 55.5 Å². The Labute approximate surface area is 170 Å². The molecule has 2 aromatic carbocycles. The van der Waals surface area contributed by atoms with Crippen LogP contribution < -0.4 is 0 Å². The number of imidazole rings is 1. The molecule has 29 heavy (non-hydrogen) atoms. The summed E-state index contributed by atoms with van der Waals surface area (Å²) in [5.41, 5.74) is 3.39. The van der Waals surface area contributed by atoms with Gasteiger partial charge in [-0.25, -0.2) is 4.98 Å². The van der Waals surface area contributed by atoms with Gasteiger partial charge in [0.15, 0.2) is 0 Å². The maximum atomic E-state index is 13.1. The fraction of sp³-hybridized carbons (Fsp3) is 0.348. The zero-order valence-corrected chi connectivity index (χ0v) is 16.8. The molecule has 1 atom stereocenters. The second-order valence-corrected chi connectivity index (χ2v) is 7.38. The number of carbonyl (C=O) groups excluding carboxylic acids is 2. The molecule has 6 nitrogen and oxygen atoms in total. The van der Waals surface area contributed by atoms with Gasteiger partial charge >= 0.3 is 5.97 Å². The van der Waals surface area contributed by atoms with Crippen molar-refractivity contribution in [2.75, 3.05) is 19.7 Å². The zero-order chi connectivity index (χ0) is 20.4. The van der Waals surface area contributed by atoms with E-state index < -0.39 is 0 Å². The van der Waals surface area contributed by atoms with Gasteiger partial charge < -0.3 is 9.64 Å². The van der Waals surface area contributed by atoms with Crippen molar-refractivity contribution in [2.24, 2.45) is 5.92 Å². The van der Waals surface area contributed by atoms with Crippen molar-refractivity contribution >= 4 is 22.9 Å². The number of esters is 1. The quantitative estimate of drug-likeness (QED) is 0.636. The fourth-order valence-electron chi connectivity index (χ4n) is 4.03. The Morgan fingerprint density at radius 2 is 1.97 bits per heavy atom. The number of hydrogen-bond acceptors (Lipinski definition) is 4. The van der Waals surface area contributed by atoms with Crippen LogP contribution in [0.1, 0.15) is 35.9 Å². The molecule has 0 saturated carbocycles. The van der Waals surface area contributed by atoms with E-state index in [1.165, 1.54) is 0 Å². The molecule has 1 aromatic heterocycles. The van der Waals surface area contributed by atoms with E-state index in [2.05, 4.69) is 9.55 Å². The van der Waals surface area contributed by atoms with Crippen molar-refractivity contribution in [2.45, 2.75) is 26.7 Å². The second kappa shape index (κ2) is 8.07.